The molecule has 0 fully saturated rings. The lowest BCUT2D eigenvalue weighted by atomic mass is 10.1. The molecule has 0 saturated heterocycles. The smallest absolute Gasteiger partial charge is 0.335 e. The Hall–Kier alpha value is -3.71. The van der Waals surface area contributed by atoms with Gasteiger partial charge in [-0.2, -0.15) is 0 Å². The van der Waals surface area contributed by atoms with Crippen molar-refractivity contribution in [2.75, 3.05) is 0 Å². The normalized spacial score (nSPS) is 13.8. The van der Waals surface area contributed by atoms with Crippen molar-refractivity contribution in [2.24, 2.45) is 4.99 Å². The van der Waals surface area contributed by atoms with E-state index in [4.69, 9.17) is 0 Å². The topological polar surface area (TPSA) is 87.5 Å². The zero-order valence-electron chi connectivity index (χ0n) is 15.5. The van der Waals surface area contributed by atoms with Gasteiger partial charge in [0.1, 0.15) is 5.56 Å². The number of H-pyrrole nitrogens is 1. The Morgan fingerprint density at radius 1 is 1.00 bits per heavy atom. The quantitative estimate of drug-likeness (QED) is 0.465. The summed E-state index contributed by atoms with van der Waals surface area (Å²) in [4.78, 5) is 31.7. The number of rotatable bonds is 2. The molecule has 0 atom stereocenters. The van der Waals surface area contributed by atoms with Gasteiger partial charge in [0.15, 0.2) is 0 Å². The fraction of sp³-hybridized carbons (Fsp3) is 0. The molecule has 0 unspecified atom stereocenters. The first-order chi connectivity index (χ1) is 14.5. The number of nitrogens with one attached hydrogen (secondary N) is 1. The largest absolute Gasteiger partial charge is 0.494 e. The fourth-order valence-corrected chi connectivity index (χ4v) is 3.92. The van der Waals surface area contributed by atoms with E-state index in [-0.39, 0.29) is 5.56 Å². The van der Waals surface area contributed by atoms with Crippen molar-refractivity contribution in [3.05, 3.63) is 97.1 Å². The Kier molecular flexibility index (Phi) is 4.25. The molecule has 0 radical (unpaired) electrons. The third kappa shape index (κ3) is 3.00. The molecule has 7 heteroatoms. The van der Waals surface area contributed by atoms with Crippen molar-refractivity contribution < 1.29 is 5.11 Å². The predicted molar refractivity (Wildman–Crippen MR) is 122 cm³/mol. The predicted octanol–water partition coefficient (Wildman–Crippen LogP) is 4.40. The number of fused-ring (bicyclic) bond motifs is 2. The van der Waals surface area contributed by atoms with Crippen LogP contribution in [0, 0.1) is 0 Å². The van der Waals surface area contributed by atoms with E-state index < -0.39 is 17.1 Å². The summed E-state index contributed by atoms with van der Waals surface area (Å²) < 4.78 is 1.96. The first-order valence-electron chi connectivity index (χ1n) is 9.14. The average Bonchev–Trinajstić information content (AvgIpc) is 3.12. The van der Waals surface area contributed by atoms with Gasteiger partial charge in [-0.05, 0) is 47.2 Å². The van der Waals surface area contributed by atoms with Crippen molar-refractivity contribution >= 4 is 50.3 Å². The van der Waals surface area contributed by atoms with Gasteiger partial charge in [-0.3, -0.25) is 14.8 Å². The summed E-state index contributed by atoms with van der Waals surface area (Å²) in [5.41, 5.74) is 1.31. The van der Waals surface area contributed by atoms with E-state index in [0.29, 0.717) is 11.3 Å². The maximum absolute atomic E-state index is 12.5. The molecular formula is C23H14BrN3O3. The second kappa shape index (κ2) is 6.96. The molecular weight excluding hydrogens is 446 g/mol. The highest BCUT2D eigenvalue weighted by atomic mass is 79.9. The standard InChI is InChI=1S/C23H14BrN3O3/c24-16-6-8-20-18(11-16)15(12-25-20)10-19-21(28)26-23(30)27(22(19)29)17-7-5-13-3-1-2-4-14(13)9-17/h1-12,29H,(H,26,28,30)/b15-10+. The third-order valence-electron chi connectivity index (χ3n) is 5.02. The van der Waals surface area contributed by atoms with Crippen LogP contribution < -0.4 is 11.2 Å². The Labute approximate surface area is 178 Å². The van der Waals surface area contributed by atoms with Crippen LogP contribution in [0.1, 0.15) is 11.1 Å². The summed E-state index contributed by atoms with van der Waals surface area (Å²) in [6.07, 6.45) is 3.16. The van der Waals surface area contributed by atoms with Gasteiger partial charge >= 0.3 is 5.69 Å². The number of aromatic hydroxyl groups is 1. The second-order valence-corrected chi connectivity index (χ2v) is 7.80. The minimum Gasteiger partial charge on any atom is -0.494 e. The molecule has 146 valence electrons. The molecule has 6 nitrogen and oxygen atoms in total. The van der Waals surface area contributed by atoms with Crippen LogP contribution in [0.2, 0.25) is 0 Å². The highest BCUT2D eigenvalue weighted by Gasteiger charge is 2.18. The van der Waals surface area contributed by atoms with Crippen molar-refractivity contribution in [2.45, 2.75) is 0 Å². The number of halogens is 1. The molecule has 0 saturated carbocycles. The van der Waals surface area contributed by atoms with Gasteiger partial charge in [0.05, 0.1) is 11.4 Å². The first-order valence-corrected chi connectivity index (χ1v) is 9.94. The molecule has 30 heavy (non-hydrogen) atoms. The molecule has 0 amide bonds. The van der Waals surface area contributed by atoms with Crippen molar-refractivity contribution in [1.82, 2.24) is 9.55 Å². The van der Waals surface area contributed by atoms with Crippen LogP contribution in [-0.4, -0.2) is 20.9 Å². The molecule has 3 aromatic carbocycles. The molecule has 0 aliphatic carbocycles. The fourth-order valence-electron chi connectivity index (χ4n) is 3.56. The molecule has 0 spiro atoms. The van der Waals surface area contributed by atoms with Gasteiger partial charge in [-0.1, -0.05) is 46.3 Å². The van der Waals surface area contributed by atoms with Gasteiger partial charge < -0.3 is 5.11 Å². The summed E-state index contributed by atoms with van der Waals surface area (Å²) in [6, 6.07) is 18.7. The number of hydrogen-bond acceptors (Lipinski definition) is 4. The minimum atomic E-state index is -0.710. The highest BCUT2D eigenvalue weighted by Crippen LogP contribution is 2.35. The number of aromatic amines is 1. The van der Waals surface area contributed by atoms with E-state index in [1.165, 1.54) is 6.08 Å². The third-order valence-corrected chi connectivity index (χ3v) is 5.52. The van der Waals surface area contributed by atoms with Crippen molar-refractivity contribution in [3.8, 4) is 11.6 Å². The van der Waals surface area contributed by atoms with Gasteiger partial charge in [-0.15, -0.1) is 0 Å². The lowest BCUT2D eigenvalue weighted by molar-refractivity contribution is 0.429. The Morgan fingerprint density at radius 2 is 1.80 bits per heavy atom. The second-order valence-electron chi connectivity index (χ2n) is 6.88. The number of aliphatic imine (C=N–C) groups is 1. The zero-order valence-corrected chi connectivity index (χ0v) is 17.1. The van der Waals surface area contributed by atoms with Crippen LogP contribution in [0.5, 0.6) is 5.88 Å². The molecule has 2 N–H and O–H groups in total. The molecule has 0 bridgehead atoms. The molecule has 5 rings (SSSR count). The van der Waals surface area contributed by atoms with E-state index in [2.05, 4.69) is 25.9 Å². The maximum Gasteiger partial charge on any atom is 0.335 e. The minimum absolute atomic E-state index is 0.0166. The van der Waals surface area contributed by atoms with E-state index in [0.717, 1.165) is 31.1 Å². The molecule has 1 aliphatic rings. The van der Waals surface area contributed by atoms with Gasteiger partial charge in [0.2, 0.25) is 5.88 Å². The lowest BCUT2D eigenvalue weighted by Gasteiger charge is -2.11. The monoisotopic (exact) mass is 459 g/mol. The Morgan fingerprint density at radius 3 is 2.63 bits per heavy atom. The average molecular weight is 460 g/mol. The SMILES string of the molecule is O=c1[nH]c(=O)n(-c2ccc3ccccc3c2)c(O)c1/C=C1\C=Nc2ccc(Br)cc21. The first kappa shape index (κ1) is 18.3. The van der Waals surface area contributed by atoms with Crippen molar-refractivity contribution in [3.63, 3.8) is 0 Å². The number of allylic oxidation sites excluding steroid dienone is 1. The van der Waals surface area contributed by atoms with Crippen LogP contribution in [-0.2, 0) is 0 Å². The number of nitrogens with zero attached hydrogens (tertiary/aromatic N) is 2. The van der Waals surface area contributed by atoms with Crippen LogP contribution in [0.4, 0.5) is 5.69 Å². The van der Waals surface area contributed by atoms with E-state index >= 15 is 0 Å². The highest BCUT2D eigenvalue weighted by molar-refractivity contribution is 9.10. The molecule has 1 aromatic heterocycles. The lowest BCUT2D eigenvalue weighted by Crippen LogP contribution is -2.30. The van der Waals surface area contributed by atoms with Gasteiger partial charge in [-0.25, -0.2) is 9.36 Å². The maximum atomic E-state index is 12.5. The summed E-state index contributed by atoms with van der Waals surface area (Å²) in [7, 11) is 0. The molecule has 2 heterocycles. The number of hydrogen-bond donors (Lipinski definition) is 2. The van der Waals surface area contributed by atoms with Crippen LogP contribution >= 0.6 is 15.9 Å². The van der Waals surface area contributed by atoms with Gasteiger partial charge in [0.25, 0.3) is 5.56 Å². The molecule has 1 aliphatic heterocycles. The Bertz CT molecular complexity index is 1510. The summed E-state index contributed by atoms with van der Waals surface area (Å²) in [5.74, 6) is -0.427. The van der Waals surface area contributed by atoms with E-state index in [1.807, 2.05) is 48.5 Å². The Balaban J connectivity index is 1.71. The summed E-state index contributed by atoms with van der Waals surface area (Å²) >= 11 is 3.43. The van der Waals surface area contributed by atoms with Crippen LogP contribution in [0.15, 0.2) is 79.7 Å². The van der Waals surface area contributed by atoms with E-state index in [1.54, 1.807) is 18.3 Å². The van der Waals surface area contributed by atoms with Crippen LogP contribution in [0.25, 0.3) is 28.1 Å². The summed E-state index contributed by atoms with van der Waals surface area (Å²) in [5, 5.41) is 12.8. The van der Waals surface area contributed by atoms with Crippen LogP contribution in [0.3, 0.4) is 0 Å². The van der Waals surface area contributed by atoms with Gasteiger partial charge in [0, 0.05) is 21.8 Å². The summed E-state index contributed by atoms with van der Waals surface area (Å²) in [6.45, 7) is 0. The van der Waals surface area contributed by atoms with E-state index in [9.17, 15) is 14.7 Å². The molecule has 4 aromatic rings. The zero-order chi connectivity index (χ0) is 20.8. The number of aromatic nitrogens is 2. The van der Waals surface area contributed by atoms with Crippen molar-refractivity contribution in [1.29, 1.82) is 0 Å². The number of benzene rings is 3.